The van der Waals surface area contributed by atoms with Gasteiger partial charge in [-0.05, 0) is 12.3 Å². The first-order chi connectivity index (χ1) is 8.76. The molecule has 1 fully saturated rings. The Morgan fingerprint density at radius 3 is 2.83 bits per heavy atom. The van der Waals surface area contributed by atoms with Crippen molar-refractivity contribution in [2.24, 2.45) is 11.8 Å². The van der Waals surface area contributed by atoms with E-state index < -0.39 is 0 Å². The minimum atomic E-state index is 0.0450. The number of anilines is 1. The molecule has 7 heteroatoms. The van der Waals surface area contributed by atoms with Gasteiger partial charge in [0.15, 0.2) is 11.5 Å². The van der Waals surface area contributed by atoms with Gasteiger partial charge in [0, 0.05) is 25.2 Å². The maximum absolute atomic E-state index is 9.38. The molecule has 3 atom stereocenters. The molecule has 2 aromatic rings. The molecule has 0 spiro atoms. The highest BCUT2D eigenvalue weighted by Crippen LogP contribution is 2.44. The van der Waals surface area contributed by atoms with Crippen molar-refractivity contribution in [3.63, 3.8) is 0 Å². The van der Waals surface area contributed by atoms with Crippen LogP contribution < -0.4 is 5.73 Å². The lowest BCUT2D eigenvalue weighted by Crippen LogP contribution is -2.42. The van der Waals surface area contributed by atoms with Gasteiger partial charge in [0.1, 0.15) is 11.8 Å². The average Bonchev–Trinajstić information content (AvgIpc) is 2.75. The predicted octanol–water partition coefficient (Wildman–Crippen LogP) is -0.430. The van der Waals surface area contributed by atoms with Crippen LogP contribution in [0.2, 0.25) is 0 Å². The minimum absolute atomic E-state index is 0.0450. The fourth-order valence-corrected chi connectivity index (χ4v) is 2.69. The molecule has 2 heterocycles. The zero-order chi connectivity index (χ0) is 12.7. The molecule has 2 unspecified atom stereocenters. The monoisotopic (exact) mass is 249 g/mol. The highest BCUT2D eigenvalue weighted by molar-refractivity contribution is 5.81. The highest BCUT2D eigenvalue weighted by atomic mass is 16.3. The van der Waals surface area contributed by atoms with Crippen molar-refractivity contribution in [3.05, 3.63) is 12.7 Å². The smallest absolute Gasteiger partial charge is 0.165 e. The fraction of sp³-hybridized carbons (Fsp3) is 0.545. The molecule has 18 heavy (non-hydrogen) atoms. The maximum Gasteiger partial charge on any atom is 0.165 e. The zero-order valence-corrected chi connectivity index (χ0v) is 9.77. The van der Waals surface area contributed by atoms with E-state index in [4.69, 9.17) is 5.73 Å². The zero-order valence-electron chi connectivity index (χ0n) is 9.77. The van der Waals surface area contributed by atoms with Gasteiger partial charge >= 0.3 is 0 Å². The number of fused-ring (bicyclic) bond motifs is 1. The molecule has 1 saturated carbocycles. The van der Waals surface area contributed by atoms with E-state index >= 15 is 0 Å². The SMILES string of the molecule is Nc1ncnc2c1ncn2C1C[C@H](CO)C1CO. The molecule has 0 bridgehead atoms. The Bertz CT molecular complexity index is 570. The van der Waals surface area contributed by atoms with Crippen molar-refractivity contribution in [1.29, 1.82) is 0 Å². The predicted molar refractivity (Wildman–Crippen MR) is 64.5 cm³/mol. The number of aliphatic hydroxyl groups is 2. The number of aliphatic hydroxyl groups excluding tert-OH is 2. The quantitative estimate of drug-likeness (QED) is 0.681. The third-order valence-corrected chi connectivity index (χ3v) is 3.83. The Morgan fingerprint density at radius 1 is 1.28 bits per heavy atom. The second-order valence-electron chi connectivity index (χ2n) is 4.68. The van der Waals surface area contributed by atoms with Crippen molar-refractivity contribution in [2.75, 3.05) is 18.9 Å². The highest BCUT2D eigenvalue weighted by Gasteiger charge is 2.41. The van der Waals surface area contributed by atoms with E-state index in [0.29, 0.717) is 17.0 Å². The van der Waals surface area contributed by atoms with Crippen LogP contribution in [-0.2, 0) is 0 Å². The average molecular weight is 249 g/mol. The van der Waals surface area contributed by atoms with Gasteiger partial charge in [0.2, 0.25) is 0 Å². The Labute approximate surface area is 103 Å². The van der Waals surface area contributed by atoms with Gasteiger partial charge in [0.05, 0.1) is 6.33 Å². The van der Waals surface area contributed by atoms with E-state index in [1.54, 1.807) is 6.33 Å². The van der Waals surface area contributed by atoms with Gasteiger partial charge in [-0.1, -0.05) is 0 Å². The van der Waals surface area contributed by atoms with Gasteiger partial charge in [0.25, 0.3) is 0 Å². The van der Waals surface area contributed by atoms with Crippen molar-refractivity contribution in [3.8, 4) is 0 Å². The topological polar surface area (TPSA) is 110 Å². The standard InChI is InChI=1S/C11H15N5O2/c12-10-9-11(14-4-13-10)16(5-15-9)8-1-6(2-17)7(8)3-18/h4-8,17-18H,1-3H2,(H2,12,13,14)/t6-,7?,8?/m1/s1. The molecule has 0 saturated heterocycles. The molecule has 0 aliphatic heterocycles. The van der Waals surface area contributed by atoms with Crippen LogP contribution in [0.25, 0.3) is 11.2 Å². The van der Waals surface area contributed by atoms with E-state index in [9.17, 15) is 10.2 Å². The van der Waals surface area contributed by atoms with Crippen LogP contribution in [0.1, 0.15) is 12.5 Å². The van der Waals surface area contributed by atoms with E-state index in [2.05, 4.69) is 15.0 Å². The summed E-state index contributed by atoms with van der Waals surface area (Å²) < 4.78 is 1.92. The second-order valence-corrected chi connectivity index (χ2v) is 4.68. The van der Waals surface area contributed by atoms with Gasteiger partial charge in [-0.2, -0.15) is 0 Å². The number of nitrogens with zero attached hydrogens (tertiary/aromatic N) is 4. The van der Waals surface area contributed by atoms with Crippen LogP contribution in [0.4, 0.5) is 5.82 Å². The van der Waals surface area contributed by atoms with Gasteiger partial charge < -0.3 is 20.5 Å². The van der Waals surface area contributed by atoms with Gasteiger partial charge in [-0.3, -0.25) is 0 Å². The Hall–Kier alpha value is -1.73. The van der Waals surface area contributed by atoms with Gasteiger partial charge in [-0.15, -0.1) is 0 Å². The maximum atomic E-state index is 9.38. The van der Waals surface area contributed by atoms with Crippen LogP contribution in [0.3, 0.4) is 0 Å². The van der Waals surface area contributed by atoms with Crippen LogP contribution in [0, 0.1) is 11.8 Å². The van der Waals surface area contributed by atoms with Crippen LogP contribution in [0.15, 0.2) is 12.7 Å². The summed E-state index contributed by atoms with van der Waals surface area (Å²) in [7, 11) is 0. The number of aromatic nitrogens is 4. The molecule has 3 rings (SSSR count). The number of nitrogen functional groups attached to an aromatic ring is 1. The molecule has 1 aliphatic rings. The second kappa shape index (κ2) is 4.18. The summed E-state index contributed by atoms with van der Waals surface area (Å²) in [4.78, 5) is 12.3. The lowest BCUT2D eigenvalue weighted by molar-refractivity contribution is -0.00529. The fourth-order valence-electron chi connectivity index (χ4n) is 2.69. The first-order valence-electron chi connectivity index (χ1n) is 5.91. The summed E-state index contributed by atoms with van der Waals surface area (Å²) in [6.07, 6.45) is 3.90. The number of hydrogen-bond donors (Lipinski definition) is 3. The van der Waals surface area contributed by atoms with Crippen LogP contribution in [-0.4, -0.2) is 42.9 Å². The summed E-state index contributed by atoms with van der Waals surface area (Å²) in [6, 6.07) is 0.117. The number of nitrogens with two attached hydrogens (primary N) is 1. The summed E-state index contributed by atoms with van der Waals surface area (Å²) in [5.74, 6) is 0.553. The molecule has 2 aromatic heterocycles. The van der Waals surface area contributed by atoms with Crippen molar-refractivity contribution >= 4 is 17.0 Å². The minimum Gasteiger partial charge on any atom is -0.396 e. The molecule has 0 radical (unpaired) electrons. The largest absolute Gasteiger partial charge is 0.396 e. The number of rotatable bonds is 3. The molecule has 7 nitrogen and oxygen atoms in total. The molecular weight excluding hydrogens is 234 g/mol. The van der Waals surface area contributed by atoms with E-state index in [1.807, 2.05) is 4.57 Å². The first kappa shape index (κ1) is 11.4. The van der Waals surface area contributed by atoms with Crippen LogP contribution >= 0.6 is 0 Å². The summed E-state index contributed by atoms with van der Waals surface area (Å²) in [6.45, 7) is 0.154. The Balaban J connectivity index is 1.99. The Kier molecular flexibility index (Phi) is 2.64. The summed E-state index contributed by atoms with van der Waals surface area (Å²) >= 11 is 0. The van der Waals surface area contributed by atoms with Crippen LogP contribution in [0.5, 0.6) is 0 Å². The molecule has 96 valence electrons. The normalized spacial score (nSPS) is 27.3. The number of hydrogen-bond acceptors (Lipinski definition) is 6. The van der Waals surface area contributed by atoms with E-state index in [1.165, 1.54) is 6.33 Å². The molecule has 1 aliphatic carbocycles. The lowest BCUT2D eigenvalue weighted by Gasteiger charge is -2.43. The van der Waals surface area contributed by atoms with Crippen molar-refractivity contribution < 1.29 is 10.2 Å². The van der Waals surface area contributed by atoms with Crippen molar-refractivity contribution in [1.82, 2.24) is 19.5 Å². The molecular formula is C11H15N5O2. The van der Waals surface area contributed by atoms with E-state index in [0.717, 1.165) is 6.42 Å². The third kappa shape index (κ3) is 1.48. The summed E-state index contributed by atoms with van der Waals surface area (Å²) in [5, 5.41) is 18.6. The van der Waals surface area contributed by atoms with Gasteiger partial charge in [-0.25, -0.2) is 15.0 Å². The molecule has 0 aromatic carbocycles. The number of imidazole rings is 1. The molecule has 4 N–H and O–H groups in total. The Morgan fingerprint density at radius 2 is 2.11 bits per heavy atom. The van der Waals surface area contributed by atoms with E-state index in [-0.39, 0.29) is 31.1 Å². The lowest BCUT2D eigenvalue weighted by atomic mass is 9.70. The molecule has 0 amide bonds. The van der Waals surface area contributed by atoms with Crippen molar-refractivity contribution in [2.45, 2.75) is 12.5 Å². The summed E-state index contributed by atoms with van der Waals surface area (Å²) in [5.41, 5.74) is 7.00. The first-order valence-corrected chi connectivity index (χ1v) is 5.91. The third-order valence-electron chi connectivity index (χ3n) is 3.83.